The first-order valence-corrected chi connectivity index (χ1v) is 11.8. The molecule has 3 aromatic rings. The number of amides is 1. The molecular weight excluding hydrogens is 479 g/mol. The van der Waals surface area contributed by atoms with Gasteiger partial charge in [-0.05, 0) is 48.9 Å². The lowest BCUT2D eigenvalue weighted by atomic mass is 10.2. The molecule has 0 heterocycles. The van der Waals surface area contributed by atoms with Crippen LogP contribution in [-0.4, -0.2) is 20.9 Å². The van der Waals surface area contributed by atoms with Crippen molar-refractivity contribution < 1.29 is 13.2 Å². The Kier molecular flexibility index (Phi) is 7.49. The zero-order valence-electron chi connectivity index (χ0n) is 16.5. The second-order valence-electron chi connectivity index (χ2n) is 6.79. The number of aryl methyl sites for hydroxylation is 1. The second kappa shape index (κ2) is 9.92. The van der Waals surface area contributed by atoms with E-state index in [1.165, 1.54) is 24.3 Å². The quantitative estimate of drug-likeness (QED) is 0.471. The summed E-state index contributed by atoms with van der Waals surface area (Å²) in [7, 11) is -4.09. The summed E-state index contributed by atoms with van der Waals surface area (Å²) < 4.78 is 27.7. The van der Waals surface area contributed by atoms with Gasteiger partial charge in [-0.15, -0.1) is 0 Å². The molecule has 0 saturated heterocycles. The Morgan fingerprint density at radius 2 is 1.61 bits per heavy atom. The van der Waals surface area contributed by atoms with E-state index in [-0.39, 0.29) is 22.2 Å². The Labute approximate surface area is 196 Å². The SMILES string of the molecule is Cc1ccc(S(=O)(=O)N(CC(=O)NCc2ccccc2Cl)c2cc(Cl)ccc2Cl)cc1. The van der Waals surface area contributed by atoms with E-state index in [1.54, 1.807) is 42.5 Å². The highest BCUT2D eigenvalue weighted by atomic mass is 35.5. The molecule has 0 unspecified atom stereocenters. The van der Waals surface area contributed by atoms with Gasteiger partial charge in [-0.1, -0.05) is 70.7 Å². The topological polar surface area (TPSA) is 66.5 Å². The van der Waals surface area contributed by atoms with Gasteiger partial charge >= 0.3 is 0 Å². The summed E-state index contributed by atoms with van der Waals surface area (Å²) in [6.07, 6.45) is 0. The van der Waals surface area contributed by atoms with E-state index in [1.807, 2.05) is 6.92 Å². The standard InChI is InChI=1S/C22H19Cl3N2O3S/c1-15-6-9-18(10-7-15)31(29,30)27(21-12-17(23)8-11-20(21)25)14-22(28)26-13-16-4-2-3-5-19(16)24/h2-12H,13-14H2,1H3,(H,26,28). The van der Waals surface area contributed by atoms with Crippen molar-refractivity contribution in [3.8, 4) is 0 Å². The van der Waals surface area contributed by atoms with Gasteiger partial charge in [-0.3, -0.25) is 9.10 Å². The number of hydrogen-bond donors (Lipinski definition) is 1. The highest BCUT2D eigenvalue weighted by molar-refractivity contribution is 7.92. The van der Waals surface area contributed by atoms with Crippen LogP contribution in [-0.2, 0) is 21.4 Å². The number of rotatable bonds is 7. The number of hydrogen-bond acceptors (Lipinski definition) is 3. The minimum atomic E-state index is -4.09. The van der Waals surface area contributed by atoms with Gasteiger partial charge in [0.25, 0.3) is 10.0 Å². The van der Waals surface area contributed by atoms with Crippen molar-refractivity contribution in [2.45, 2.75) is 18.4 Å². The zero-order chi connectivity index (χ0) is 22.6. The van der Waals surface area contributed by atoms with E-state index in [9.17, 15) is 13.2 Å². The smallest absolute Gasteiger partial charge is 0.264 e. The lowest BCUT2D eigenvalue weighted by molar-refractivity contribution is -0.119. The van der Waals surface area contributed by atoms with Crippen LogP contribution in [0, 0.1) is 6.92 Å². The Morgan fingerprint density at radius 3 is 2.29 bits per heavy atom. The molecule has 0 saturated carbocycles. The summed E-state index contributed by atoms with van der Waals surface area (Å²) in [6, 6.07) is 17.8. The van der Waals surface area contributed by atoms with Crippen molar-refractivity contribution >= 4 is 56.4 Å². The fraction of sp³-hybridized carbons (Fsp3) is 0.136. The van der Waals surface area contributed by atoms with Crippen LogP contribution < -0.4 is 9.62 Å². The van der Waals surface area contributed by atoms with Crippen LogP contribution in [0.15, 0.2) is 71.6 Å². The number of sulfonamides is 1. The van der Waals surface area contributed by atoms with Gasteiger partial charge in [0, 0.05) is 16.6 Å². The zero-order valence-corrected chi connectivity index (χ0v) is 19.6. The molecule has 0 radical (unpaired) electrons. The first-order chi connectivity index (χ1) is 14.7. The Balaban J connectivity index is 1.92. The predicted molar refractivity (Wildman–Crippen MR) is 125 cm³/mol. The van der Waals surface area contributed by atoms with E-state index in [0.29, 0.717) is 15.6 Å². The molecule has 162 valence electrons. The monoisotopic (exact) mass is 496 g/mol. The second-order valence-corrected chi connectivity index (χ2v) is 9.90. The molecule has 0 bridgehead atoms. The van der Waals surface area contributed by atoms with Crippen LogP contribution >= 0.6 is 34.8 Å². The van der Waals surface area contributed by atoms with Gasteiger partial charge in [0.05, 0.1) is 15.6 Å². The van der Waals surface area contributed by atoms with Gasteiger partial charge in [-0.2, -0.15) is 0 Å². The summed E-state index contributed by atoms with van der Waals surface area (Å²) in [5, 5.41) is 3.65. The summed E-state index contributed by atoms with van der Waals surface area (Å²) in [5.41, 5.74) is 1.73. The molecule has 0 aliphatic rings. The Hall–Kier alpha value is -2.25. The van der Waals surface area contributed by atoms with E-state index in [2.05, 4.69) is 5.32 Å². The molecule has 0 aromatic heterocycles. The molecule has 9 heteroatoms. The lowest BCUT2D eigenvalue weighted by Crippen LogP contribution is -2.40. The fourth-order valence-corrected chi connectivity index (χ4v) is 4.91. The van der Waals surface area contributed by atoms with E-state index >= 15 is 0 Å². The molecule has 0 aliphatic carbocycles. The molecule has 0 aliphatic heterocycles. The largest absolute Gasteiger partial charge is 0.350 e. The lowest BCUT2D eigenvalue weighted by Gasteiger charge is -2.25. The summed E-state index contributed by atoms with van der Waals surface area (Å²) >= 11 is 18.5. The van der Waals surface area contributed by atoms with E-state index in [4.69, 9.17) is 34.8 Å². The van der Waals surface area contributed by atoms with E-state index < -0.39 is 22.5 Å². The molecule has 3 rings (SSSR count). The molecule has 1 N–H and O–H groups in total. The number of halogens is 3. The van der Waals surface area contributed by atoms with E-state index in [0.717, 1.165) is 9.87 Å². The number of carbonyl (C=O) groups excluding carboxylic acids is 1. The first kappa shape index (κ1) is 23.4. The van der Waals surface area contributed by atoms with Crippen LogP contribution in [0.5, 0.6) is 0 Å². The third-order valence-electron chi connectivity index (χ3n) is 4.51. The highest BCUT2D eigenvalue weighted by Gasteiger charge is 2.29. The Bertz CT molecular complexity index is 1200. The fourth-order valence-electron chi connectivity index (χ4n) is 2.84. The number of carbonyl (C=O) groups is 1. The maximum Gasteiger partial charge on any atom is 0.264 e. The third-order valence-corrected chi connectivity index (χ3v) is 7.20. The van der Waals surface area contributed by atoms with Crippen LogP contribution in [0.25, 0.3) is 0 Å². The van der Waals surface area contributed by atoms with Crippen molar-refractivity contribution in [1.82, 2.24) is 5.32 Å². The predicted octanol–water partition coefficient (Wildman–Crippen LogP) is 5.47. The number of benzene rings is 3. The van der Waals surface area contributed by atoms with Crippen LogP contribution in [0.4, 0.5) is 5.69 Å². The molecule has 3 aromatic carbocycles. The van der Waals surface area contributed by atoms with Crippen LogP contribution in [0.3, 0.4) is 0 Å². The van der Waals surface area contributed by atoms with Gasteiger partial charge in [0.1, 0.15) is 6.54 Å². The molecule has 5 nitrogen and oxygen atoms in total. The van der Waals surface area contributed by atoms with Crippen molar-refractivity contribution in [2.24, 2.45) is 0 Å². The molecule has 31 heavy (non-hydrogen) atoms. The van der Waals surface area contributed by atoms with Crippen molar-refractivity contribution in [2.75, 3.05) is 10.8 Å². The summed E-state index contributed by atoms with van der Waals surface area (Å²) in [4.78, 5) is 12.7. The van der Waals surface area contributed by atoms with Crippen molar-refractivity contribution in [3.63, 3.8) is 0 Å². The van der Waals surface area contributed by atoms with Crippen LogP contribution in [0.1, 0.15) is 11.1 Å². The summed E-state index contributed by atoms with van der Waals surface area (Å²) in [5.74, 6) is -0.522. The number of anilines is 1. The third kappa shape index (κ3) is 5.71. The van der Waals surface area contributed by atoms with Gasteiger partial charge in [0.15, 0.2) is 0 Å². The first-order valence-electron chi connectivity index (χ1n) is 9.23. The molecule has 1 amide bonds. The maximum atomic E-state index is 13.4. The average molecular weight is 498 g/mol. The van der Waals surface area contributed by atoms with Crippen LogP contribution in [0.2, 0.25) is 15.1 Å². The van der Waals surface area contributed by atoms with Gasteiger partial charge < -0.3 is 5.32 Å². The molecular formula is C22H19Cl3N2O3S. The maximum absolute atomic E-state index is 13.4. The van der Waals surface area contributed by atoms with Gasteiger partial charge in [0.2, 0.25) is 5.91 Å². The minimum absolute atomic E-state index is 0.0352. The average Bonchev–Trinajstić information content (AvgIpc) is 2.73. The molecule has 0 spiro atoms. The number of nitrogens with one attached hydrogen (secondary N) is 1. The van der Waals surface area contributed by atoms with Crippen molar-refractivity contribution in [1.29, 1.82) is 0 Å². The highest BCUT2D eigenvalue weighted by Crippen LogP contribution is 2.33. The minimum Gasteiger partial charge on any atom is -0.350 e. The molecule has 0 atom stereocenters. The molecule has 0 fully saturated rings. The summed E-state index contributed by atoms with van der Waals surface area (Å²) in [6.45, 7) is 1.52. The Morgan fingerprint density at radius 1 is 0.935 bits per heavy atom. The van der Waals surface area contributed by atoms with Crippen molar-refractivity contribution in [3.05, 3.63) is 92.9 Å². The van der Waals surface area contributed by atoms with Gasteiger partial charge in [-0.25, -0.2) is 8.42 Å². The normalized spacial score (nSPS) is 11.2. The number of nitrogens with zero attached hydrogens (tertiary/aromatic N) is 1.